The minimum Gasteiger partial charge on any atom is -0.482 e. The number of nitrogens with one attached hydrogen (secondary N) is 3. The van der Waals surface area contributed by atoms with E-state index in [-0.39, 0.29) is 43.3 Å². The maximum atomic E-state index is 12.9. The number of thiophene rings is 1. The highest BCUT2D eigenvalue weighted by atomic mass is 32.1. The second-order valence-electron chi connectivity index (χ2n) is 9.16. The molecule has 5 rings (SSSR count). The Bertz CT molecular complexity index is 1430. The molecule has 12 nitrogen and oxygen atoms in total. The van der Waals surface area contributed by atoms with Gasteiger partial charge in [0.1, 0.15) is 10.6 Å². The molecule has 38 heavy (non-hydrogen) atoms. The van der Waals surface area contributed by atoms with Crippen molar-refractivity contribution < 1.29 is 29.3 Å². The van der Waals surface area contributed by atoms with Crippen molar-refractivity contribution in [2.45, 2.75) is 51.2 Å². The van der Waals surface area contributed by atoms with Crippen LogP contribution in [-0.4, -0.2) is 57.2 Å². The van der Waals surface area contributed by atoms with Crippen LogP contribution in [0.2, 0.25) is 0 Å². The van der Waals surface area contributed by atoms with Crippen LogP contribution in [0.1, 0.15) is 58.7 Å². The highest BCUT2D eigenvalue weighted by molar-refractivity contribution is 7.18. The molecule has 0 radical (unpaired) electrons. The molecule has 0 spiro atoms. The average molecular weight is 544 g/mol. The Labute approximate surface area is 221 Å². The predicted molar refractivity (Wildman–Crippen MR) is 141 cm³/mol. The SMILES string of the molecule is C[C@@H](O)CN.O=C(O)CC1CCCc2sc3nc(C(=O)NCc4ccc5c(c4)NC(=O)CO5)[nH]c(=O)c3c21. The van der Waals surface area contributed by atoms with E-state index in [0.29, 0.717) is 34.6 Å². The second kappa shape index (κ2) is 11.7. The Morgan fingerprint density at radius 1 is 1.34 bits per heavy atom. The lowest BCUT2D eigenvalue weighted by atomic mass is 9.84. The van der Waals surface area contributed by atoms with Gasteiger partial charge in [0.25, 0.3) is 17.4 Å². The van der Waals surface area contributed by atoms with E-state index in [4.69, 9.17) is 15.6 Å². The Morgan fingerprint density at radius 3 is 2.82 bits per heavy atom. The molecule has 7 N–H and O–H groups in total. The molecule has 1 unspecified atom stereocenters. The quantitative estimate of drug-likeness (QED) is 0.267. The molecule has 0 saturated carbocycles. The molecule has 2 aliphatic rings. The molecule has 2 amide bonds. The molecule has 0 saturated heterocycles. The van der Waals surface area contributed by atoms with Gasteiger partial charge < -0.3 is 36.3 Å². The van der Waals surface area contributed by atoms with Crippen molar-refractivity contribution in [1.82, 2.24) is 15.3 Å². The summed E-state index contributed by atoms with van der Waals surface area (Å²) in [5.41, 5.74) is 6.52. The molecule has 2 atom stereocenters. The Balaban J connectivity index is 0.000000617. The number of aliphatic hydroxyl groups excluding tert-OH is 1. The number of amides is 2. The zero-order chi connectivity index (χ0) is 27.4. The van der Waals surface area contributed by atoms with Gasteiger partial charge >= 0.3 is 5.97 Å². The van der Waals surface area contributed by atoms with Crippen molar-refractivity contribution >= 4 is 45.0 Å². The summed E-state index contributed by atoms with van der Waals surface area (Å²) < 4.78 is 5.32. The lowest BCUT2D eigenvalue weighted by Gasteiger charge is -2.21. The number of aliphatic carboxylic acids is 1. The molecular formula is C25H29N5O7S. The number of rotatable bonds is 6. The summed E-state index contributed by atoms with van der Waals surface area (Å²) in [5, 5.41) is 23.3. The summed E-state index contributed by atoms with van der Waals surface area (Å²) in [6.07, 6.45) is 1.96. The first-order valence-corrected chi connectivity index (χ1v) is 13.0. The van der Waals surface area contributed by atoms with Crippen LogP contribution in [-0.2, 0) is 22.6 Å². The van der Waals surface area contributed by atoms with E-state index in [1.54, 1.807) is 25.1 Å². The van der Waals surface area contributed by atoms with Crippen LogP contribution in [0.15, 0.2) is 23.0 Å². The van der Waals surface area contributed by atoms with Crippen molar-refractivity contribution in [3.63, 3.8) is 0 Å². The van der Waals surface area contributed by atoms with Gasteiger partial charge in [0.05, 0.1) is 23.6 Å². The Morgan fingerprint density at radius 2 is 2.11 bits per heavy atom. The first kappa shape index (κ1) is 27.2. The van der Waals surface area contributed by atoms with Gasteiger partial charge in [-0.05, 0) is 55.4 Å². The van der Waals surface area contributed by atoms with Gasteiger partial charge in [-0.25, -0.2) is 4.98 Å². The van der Waals surface area contributed by atoms with Gasteiger partial charge in [0.2, 0.25) is 5.82 Å². The average Bonchev–Trinajstić information content (AvgIpc) is 3.27. The van der Waals surface area contributed by atoms with Crippen LogP contribution in [0.5, 0.6) is 5.75 Å². The standard InChI is InChI=1S/C22H20N4O6S.C3H9NO/c27-15-9-32-13-5-4-10(6-12(13)24-15)8-23-21(31)19-25-20(30)18-17-11(7-16(28)29)2-1-3-14(17)33-22(18)26-19;1-3(5)2-4/h4-6,11H,1-3,7-9H2,(H,23,31)(H,24,27)(H,28,29)(H,25,26,30);3,5H,2,4H2,1H3/t;3-/m.1/s1. The lowest BCUT2D eigenvalue weighted by Crippen LogP contribution is -2.28. The largest absolute Gasteiger partial charge is 0.482 e. The fourth-order valence-electron chi connectivity index (χ4n) is 4.37. The van der Waals surface area contributed by atoms with E-state index in [9.17, 15) is 24.3 Å². The molecule has 13 heteroatoms. The molecule has 0 fully saturated rings. The number of aromatic amines is 1. The first-order valence-electron chi connectivity index (χ1n) is 12.2. The fraction of sp³-hybridized carbons (Fsp3) is 0.400. The number of fused-ring (bicyclic) bond motifs is 4. The molecule has 3 heterocycles. The molecule has 1 aliphatic carbocycles. The first-order chi connectivity index (χ1) is 18.2. The number of aliphatic hydroxyl groups is 1. The Kier molecular flexibility index (Phi) is 8.39. The number of hydrogen-bond donors (Lipinski definition) is 6. The number of nitrogens with zero attached hydrogens (tertiary/aromatic N) is 1. The van der Waals surface area contributed by atoms with Gasteiger partial charge in [-0.3, -0.25) is 19.2 Å². The summed E-state index contributed by atoms with van der Waals surface area (Å²) in [6, 6.07) is 5.19. The molecule has 2 aromatic heterocycles. The van der Waals surface area contributed by atoms with Crippen molar-refractivity contribution in [3.05, 3.63) is 50.4 Å². The predicted octanol–water partition coefficient (Wildman–Crippen LogP) is 1.47. The van der Waals surface area contributed by atoms with Crippen molar-refractivity contribution in [2.24, 2.45) is 5.73 Å². The van der Waals surface area contributed by atoms with Crippen molar-refractivity contribution in [2.75, 3.05) is 18.5 Å². The molecule has 202 valence electrons. The number of hydrogen-bond acceptors (Lipinski definition) is 9. The van der Waals surface area contributed by atoms with Gasteiger partial charge in [-0.1, -0.05) is 6.07 Å². The summed E-state index contributed by atoms with van der Waals surface area (Å²) in [5.74, 6) is -1.46. The van der Waals surface area contributed by atoms with E-state index in [1.165, 1.54) is 11.3 Å². The monoisotopic (exact) mass is 543 g/mol. The van der Waals surface area contributed by atoms with Crippen molar-refractivity contribution in [3.8, 4) is 5.75 Å². The minimum atomic E-state index is -0.902. The molecule has 1 aliphatic heterocycles. The summed E-state index contributed by atoms with van der Waals surface area (Å²) in [4.78, 5) is 56.7. The van der Waals surface area contributed by atoms with Crippen LogP contribution in [0.25, 0.3) is 10.2 Å². The van der Waals surface area contributed by atoms with Crippen molar-refractivity contribution in [1.29, 1.82) is 0 Å². The molecule has 0 bridgehead atoms. The van der Waals surface area contributed by atoms with Crippen LogP contribution >= 0.6 is 11.3 Å². The highest BCUT2D eigenvalue weighted by Gasteiger charge is 2.29. The normalized spacial score (nSPS) is 16.7. The van der Waals surface area contributed by atoms with Gasteiger partial charge in [0.15, 0.2) is 6.61 Å². The van der Waals surface area contributed by atoms with Gasteiger partial charge in [-0.2, -0.15) is 0 Å². The number of benzene rings is 1. The number of carbonyl (C=O) groups is 3. The zero-order valence-electron chi connectivity index (χ0n) is 20.7. The summed E-state index contributed by atoms with van der Waals surface area (Å²) >= 11 is 1.35. The second-order valence-corrected chi connectivity index (χ2v) is 10.2. The number of carbonyl (C=O) groups excluding carboxylic acids is 2. The number of carboxylic acid groups (broad SMARTS) is 1. The number of ether oxygens (including phenoxy) is 1. The lowest BCUT2D eigenvalue weighted by molar-refractivity contribution is -0.137. The van der Waals surface area contributed by atoms with E-state index < -0.39 is 17.4 Å². The van der Waals surface area contributed by atoms with Gasteiger partial charge in [-0.15, -0.1) is 11.3 Å². The smallest absolute Gasteiger partial charge is 0.303 e. The molecular weight excluding hydrogens is 514 g/mol. The summed E-state index contributed by atoms with van der Waals surface area (Å²) in [6.45, 7) is 2.14. The van der Waals surface area contributed by atoms with Crippen LogP contribution in [0.3, 0.4) is 0 Å². The minimum absolute atomic E-state index is 0.0339. The maximum absolute atomic E-state index is 12.9. The number of aromatic nitrogens is 2. The van der Waals surface area contributed by atoms with E-state index in [0.717, 1.165) is 28.8 Å². The topological polar surface area (TPSA) is 197 Å². The third-order valence-electron chi connectivity index (χ3n) is 6.15. The van der Waals surface area contributed by atoms with E-state index in [1.807, 2.05) is 0 Å². The fourth-order valence-corrected chi connectivity index (χ4v) is 5.67. The number of carboxylic acids is 1. The number of anilines is 1. The third-order valence-corrected chi connectivity index (χ3v) is 7.31. The maximum Gasteiger partial charge on any atom is 0.303 e. The summed E-state index contributed by atoms with van der Waals surface area (Å²) in [7, 11) is 0. The van der Waals surface area contributed by atoms with E-state index >= 15 is 0 Å². The Hall–Kier alpha value is -3.81. The zero-order valence-corrected chi connectivity index (χ0v) is 21.5. The number of H-pyrrole nitrogens is 1. The highest BCUT2D eigenvalue weighted by Crippen LogP contribution is 2.41. The number of aryl methyl sites for hydroxylation is 1. The van der Waals surface area contributed by atoms with E-state index in [2.05, 4.69) is 20.6 Å². The third kappa shape index (κ3) is 6.18. The van der Waals surface area contributed by atoms with Crippen LogP contribution in [0, 0.1) is 0 Å². The van der Waals surface area contributed by atoms with Crippen LogP contribution < -0.4 is 26.7 Å². The van der Waals surface area contributed by atoms with Gasteiger partial charge in [0, 0.05) is 18.0 Å². The molecule has 3 aromatic rings. The van der Waals surface area contributed by atoms with Crippen LogP contribution in [0.4, 0.5) is 5.69 Å². The molecule has 1 aromatic carbocycles. The number of nitrogens with two attached hydrogens (primary N) is 1.